The zero-order valence-electron chi connectivity index (χ0n) is 15.1. The largest absolute Gasteiger partial charge is 0.467 e. The molecule has 0 aromatic heterocycles. The summed E-state index contributed by atoms with van der Waals surface area (Å²) in [6.07, 6.45) is 1.88. The number of methoxy groups -OCH3 is 1. The second-order valence-electron chi connectivity index (χ2n) is 7.98. The predicted octanol–water partition coefficient (Wildman–Crippen LogP) is 1.75. The van der Waals surface area contributed by atoms with Crippen molar-refractivity contribution in [3.05, 3.63) is 34.9 Å². The highest BCUT2D eigenvalue weighted by atomic mass is 16.5. The van der Waals surface area contributed by atoms with Gasteiger partial charge in [-0.1, -0.05) is 30.7 Å². The number of hydrogen-bond acceptors (Lipinski definition) is 4. The number of fused-ring (bicyclic) bond motifs is 1. The molecule has 0 bridgehead atoms. The SMILES string of the molecule is COC(=O)[C@@H]1Cc2cc(C)ccc2[C@@]23C[C@H](C)[C@@H](CN)[C@@H]2CC(=O)N13. The first-order valence-electron chi connectivity index (χ1n) is 9.14. The first-order chi connectivity index (χ1) is 11.9. The second-order valence-corrected chi connectivity index (χ2v) is 7.98. The maximum atomic E-state index is 13.0. The molecule has 1 saturated heterocycles. The topological polar surface area (TPSA) is 72.6 Å². The smallest absolute Gasteiger partial charge is 0.328 e. The Balaban J connectivity index is 1.94. The number of nitrogens with zero attached hydrogens (tertiary/aromatic N) is 1. The van der Waals surface area contributed by atoms with Crippen LogP contribution in [-0.2, 0) is 26.3 Å². The Morgan fingerprint density at radius 3 is 2.84 bits per heavy atom. The summed E-state index contributed by atoms with van der Waals surface area (Å²) in [5, 5.41) is 0. The normalized spacial score (nSPS) is 36.0. The van der Waals surface area contributed by atoms with Crippen molar-refractivity contribution >= 4 is 11.9 Å². The van der Waals surface area contributed by atoms with Gasteiger partial charge in [0.15, 0.2) is 0 Å². The minimum absolute atomic E-state index is 0.0666. The minimum atomic E-state index is -0.527. The Hall–Kier alpha value is -1.88. The molecule has 2 heterocycles. The van der Waals surface area contributed by atoms with E-state index in [9.17, 15) is 9.59 Å². The molecule has 1 saturated carbocycles. The zero-order valence-corrected chi connectivity index (χ0v) is 15.1. The van der Waals surface area contributed by atoms with Crippen LogP contribution in [0.1, 0.15) is 36.5 Å². The van der Waals surface area contributed by atoms with Gasteiger partial charge in [-0.2, -0.15) is 0 Å². The van der Waals surface area contributed by atoms with Gasteiger partial charge in [-0.05, 0) is 48.8 Å². The molecule has 134 valence electrons. The molecule has 5 atom stereocenters. The van der Waals surface area contributed by atoms with E-state index < -0.39 is 11.6 Å². The molecule has 5 nitrogen and oxygen atoms in total. The van der Waals surface area contributed by atoms with Crippen molar-refractivity contribution in [3.8, 4) is 0 Å². The molecule has 0 unspecified atom stereocenters. The van der Waals surface area contributed by atoms with E-state index in [-0.39, 0.29) is 17.8 Å². The molecular weight excluding hydrogens is 316 g/mol. The Morgan fingerprint density at radius 1 is 1.40 bits per heavy atom. The number of carbonyl (C=O) groups excluding carboxylic acids is 2. The van der Waals surface area contributed by atoms with E-state index in [1.54, 1.807) is 0 Å². The molecular formula is C20H26N2O3. The van der Waals surface area contributed by atoms with Crippen LogP contribution in [0.25, 0.3) is 0 Å². The van der Waals surface area contributed by atoms with Crippen molar-refractivity contribution in [2.75, 3.05) is 13.7 Å². The van der Waals surface area contributed by atoms with Gasteiger partial charge in [0.2, 0.25) is 5.91 Å². The van der Waals surface area contributed by atoms with Crippen molar-refractivity contribution in [2.24, 2.45) is 23.5 Å². The lowest BCUT2D eigenvalue weighted by Crippen LogP contribution is -2.57. The van der Waals surface area contributed by atoms with E-state index in [0.717, 1.165) is 6.42 Å². The van der Waals surface area contributed by atoms with E-state index in [2.05, 4.69) is 32.0 Å². The summed E-state index contributed by atoms with van der Waals surface area (Å²) in [5.41, 5.74) is 9.26. The van der Waals surface area contributed by atoms with Gasteiger partial charge in [0.1, 0.15) is 6.04 Å². The highest BCUT2D eigenvalue weighted by Crippen LogP contribution is 2.61. The number of ether oxygens (including phenoxy) is 1. The molecule has 0 radical (unpaired) electrons. The number of amides is 1. The van der Waals surface area contributed by atoms with Gasteiger partial charge in [0, 0.05) is 12.8 Å². The fourth-order valence-corrected chi connectivity index (χ4v) is 5.88. The molecule has 2 fully saturated rings. The molecule has 25 heavy (non-hydrogen) atoms. The lowest BCUT2D eigenvalue weighted by atomic mass is 9.72. The van der Waals surface area contributed by atoms with E-state index in [4.69, 9.17) is 10.5 Å². The van der Waals surface area contributed by atoms with Crippen LogP contribution >= 0.6 is 0 Å². The van der Waals surface area contributed by atoms with Gasteiger partial charge in [-0.25, -0.2) is 4.79 Å². The van der Waals surface area contributed by atoms with Gasteiger partial charge in [-0.3, -0.25) is 4.79 Å². The Labute approximate surface area is 148 Å². The van der Waals surface area contributed by atoms with Crippen LogP contribution in [0.2, 0.25) is 0 Å². The number of rotatable bonds is 2. The lowest BCUT2D eigenvalue weighted by Gasteiger charge is -2.48. The van der Waals surface area contributed by atoms with E-state index in [1.165, 1.54) is 23.8 Å². The second kappa shape index (κ2) is 5.56. The highest BCUT2D eigenvalue weighted by molar-refractivity contribution is 5.89. The Bertz CT molecular complexity index is 746. The number of hydrogen-bond donors (Lipinski definition) is 1. The zero-order chi connectivity index (χ0) is 17.9. The van der Waals surface area contributed by atoms with Crippen LogP contribution < -0.4 is 5.73 Å². The van der Waals surface area contributed by atoms with Crippen molar-refractivity contribution in [3.63, 3.8) is 0 Å². The van der Waals surface area contributed by atoms with Crippen molar-refractivity contribution < 1.29 is 14.3 Å². The Morgan fingerprint density at radius 2 is 2.16 bits per heavy atom. The first-order valence-corrected chi connectivity index (χ1v) is 9.14. The van der Waals surface area contributed by atoms with Gasteiger partial charge < -0.3 is 15.4 Å². The van der Waals surface area contributed by atoms with Gasteiger partial charge >= 0.3 is 5.97 Å². The summed E-state index contributed by atoms with van der Waals surface area (Å²) in [6, 6.07) is 5.92. The van der Waals surface area contributed by atoms with E-state index in [0.29, 0.717) is 31.2 Å². The van der Waals surface area contributed by atoms with E-state index >= 15 is 0 Å². The molecule has 1 amide bonds. The third kappa shape index (κ3) is 2.05. The fraction of sp³-hybridized carbons (Fsp3) is 0.600. The minimum Gasteiger partial charge on any atom is -0.467 e. The monoisotopic (exact) mass is 342 g/mol. The number of aryl methyl sites for hydroxylation is 1. The van der Waals surface area contributed by atoms with Crippen LogP contribution in [0, 0.1) is 24.7 Å². The van der Waals surface area contributed by atoms with Crippen molar-refractivity contribution in [1.29, 1.82) is 0 Å². The third-order valence-corrected chi connectivity index (χ3v) is 6.78. The van der Waals surface area contributed by atoms with Crippen LogP contribution in [0.15, 0.2) is 18.2 Å². The summed E-state index contributed by atoms with van der Waals surface area (Å²) < 4.78 is 5.06. The summed E-state index contributed by atoms with van der Waals surface area (Å²) in [6.45, 7) is 4.87. The van der Waals surface area contributed by atoms with Crippen molar-refractivity contribution in [1.82, 2.24) is 4.90 Å². The molecule has 1 aromatic rings. The third-order valence-electron chi connectivity index (χ3n) is 6.78. The summed E-state index contributed by atoms with van der Waals surface area (Å²) >= 11 is 0. The maximum absolute atomic E-state index is 13.0. The van der Waals surface area contributed by atoms with Gasteiger partial charge in [0.25, 0.3) is 0 Å². The summed E-state index contributed by atoms with van der Waals surface area (Å²) in [5.74, 6) is 0.658. The fourth-order valence-electron chi connectivity index (χ4n) is 5.88. The Kier molecular flexibility index (Phi) is 3.69. The van der Waals surface area contributed by atoms with Crippen LogP contribution in [0.3, 0.4) is 0 Å². The summed E-state index contributed by atoms with van der Waals surface area (Å²) in [4.78, 5) is 27.4. The van der Waals surface area contributed by atoms with Crippen molar-refractivity contribution in [2.45, 2.75) is 44.7 Å². The first kappa shape index (κ1) is 16.6. The molecule has 3 aliphatic rings. The average molecular weight is 342 g/mol. The standard InChI is InChI=1S/C20H26N2O3/c1-11-4-5-15-13(6-11)7-17(19(24)25-3)22-18(23)8-16-14(10-21)12(2)9-20(15,16)22/h4-6,12,14,16-17H,7-10,21H2,1-3H3/t12-,14+,16-,17-,20-/m0/s1. The number of nitrogens with two attached hydrogens (primary N) is 1. The highest BCUT2D eigenvalue weighted by Gasteiger charge is 2.65. The van der Waals surface area contributed by atoms with Gasteiger partial charge in [-0.15, -0.1) is 0 Å². The quantitative estimate of drug-likeness (QED) is 0.831. The molecule has 1 spiro atoms. The molecule has 1 aromatic carbocycles. The predicted molar refractivity (Wildman–Crippen MR) is 93.6 cm³/mol. The number of carbonyl (C=O) groups is 2. The summed E-state index contributed by atoms with van der Waals surface area (Å²) in [7, 11) is 1.40. The molecule has 2 aliphatic heterocycles. The molecule has 5 heteroatoms. The van der Waals surface area contributed by atoms with Gasteiger partial charge in [0.05, 0.1) is 12.6 Å². The molecule has 4 rings (SSSR count). The lowest BCUT2D eigenvalue weighted by molar-refractivity contribution is -0.156. The number of esters is 1. The van der Waals surface area contributed by atoms with E-state index in [1.807, 2.05) is 4.90 Å². The van der Waals surface area contributed by atoms with Crippen LogP contribution in [0.5, 0.6) is 0 Å². The van der Waals surface area contributed by atoms with Crippen LogP contribution in [-0.4, -0.2) is 36.5 Å². The molecule has 2 N–H and O–H groups in total. The van der Waals surface area contributed by atoms with Crippen LogP contribution in [0.4, 0.5) is 0 Å². The maximum Gasteiger partial charge on any atom is 0.328 e. The molecule has 1 aliphatic carbocycles. The average Bonchev–Trinajstić information content (AvgIpc) is 3.01. The number of benzene rings is 1.